The highest BCUT2D eigenvalue weighted by molar-refractivity contribution is 7.21. The fraction of sp³-hybridized carbons (Fsp3) is 0. The average Bonchev–Trinajstić information content (AvgIpc) is 3.28. The lowest BCUT2D eigenvalue weighted by Gasteiger charge is -2.12. The lowest BCUT2D eigenvalue weighted by Crippen LogP contribution is -1.87. The Hall–Kier alpha value is -3.82. The van der Waals surface area contributed by atoms with E-state index in [4.69, 9.17) is 4.98 Å². The van der Waals surface area contributed by atoms with E-state index in [1.165, 1.54) is 33.2 Å². The van der Waals surface area contributed by atoms with E-state index in [1.807, 2.05) is 18.2 Å². The van der Waals surface area contributed by atoms with Gasteiger partial charge in [0.1, 0.15) is 10.8 Å². The third kappa shape index (κ3) is 3.28. The molecule has 1 aromatic heterocycles. The maximum atomic E-state index is 13.4. The summed E-state index contributed by atoms with van der Waals surface area (Å²) in [5.41, 5.74) is 6.58. The predicted octanol–water partition coefficient (Wildman–Crippen LogP) is 8.59. The van der Waals surface area contributed by atoms with E-state index >= 15 is 0 Å². The van der Waals surface area contributed by atoms with E-state index in [0.717, 1.165) is 32.8 Å². The van der Waals surface area contributed by atoms with Crippen LogP contribution in [-0.4, -0.2) is 4.98 Å². The van der Waals surface area contributed by atoms with E-state index in [-0.39, 0.29) is 5.82 Å². The number of benzene rings is 5. The van der Waals surface area contributed by atoms with Gasteiger partial charge >= 0.3 is 0 Å². The van der Waals surface area contributed by atoms with Gasteiger partial charge in [-0.15, -0.1) is 11.3 Å². The van der Waals surface area contributed by atoms with Gasteiger partial charge < -0.3 is 0 Å². The summed E-state index contributed by atoms with van der Waals surface area (Å²) in [6, 6.07) is 36.2. The normalized spacial score (nSPS) is 11.3. The Morgan fingerprint density at radius 2 is 1.25 bits per heavy atom. The van der Waals surface area contributed by atoms with Crippen LogP contribution in [0.5, 0.6) is 0 Å². The molecule has 0 aliphatic heterocycles. The Kier molecular flexibility index (Phi) is 4.55. The highest BCUT2D eigenvalue weighted by Crippen LogP contribution is 2.39. The second-order valence-corrected chi connectivity index (χ2v) is 8.81. The van der Waals surface area contributed by atoms with Crippen LogP contribution in [0.3, 0.4) is 0 Å². The molecule has 0 amide bonds. The van der Waals surface area contributed by atoms with E-state index in [0.29, 0.717) is 0 Å². The summed E-state index contributed by atoms with van der Waals surface area (Å²) in [6.45, 7) is 0. The minimum atomic E-state index is -0.221. The van der Waals surface area contributed by atoms with Crippen molar-refractivity contribution in [1.29, 1.82) is 0 Å². The van der Waals surface area contributed by atoms with Crippen molar-refractivity contribution in [3.05, 3.63) is 115 Å². The summed E-state index contributed by atoms with van der Waals surface area (Å²) < 4.78 is 14.6. The molecule has 0 bridgehead atoms. The zero-order valence-corrected chi connectivity index (χ0v) is 17.9. The van der Waals surface area contributed by atoms with Gasteiger partial charge in [0.2, 0.25) is 0 Å². The summed E-state index contributed by atoms with van der Waals surface area (Å²) in [7, 11) is 0. The maximum Gasteiger partial charge on any atom is 0.125 e. The highest BCUT2D eigenvalue weighted by Gasteiger charge is 2.13. The fourth-order valence-electron chi connectivity index (χ4n) is 4.23. The molecule has 152 valence electrons. The van der Waals surface area contributed by atoms with Gasteiger partial charge in [-0.3, -0.25) is 0 Å². The van der Waals surface area contributed by atoms with Crippen LogP contribution in [0.25, 0.3) is 53.8 Å². The van der Waals surface area contributed by atoms with E-state index in [1.54, 1.807) is 11.3 Å². The molecule has 0 aliphatic carbocycles. The second kappa shape index (κ2) is 7.70. The summed E-state index contributed by atoms with van der Waals surface area (Å²) >= 11 is 1.73. The number of hydrogen-bond acceptors (Lipinski definition) is 2. The molecule has 32 heavy (non-hydrogen) atoms. The topological polar surface area (TPSA) is 12.9 Å². The van der Waals surface area contributed by atoms with Gasteiger partial charge in [0.25, 0.3) is 0 Å². The first-order valence-corrected chi connectivity index (χ1v) is 11.3. The quantitative estimate of drug-likeness (QED) is 0.273. The number of fused-ring (bicyclic) bond motifs is 2. The third-order valence-corrected chi connectivity index (χ3v) is 6.87. The Bertz CT molecular complexity index is 1550. The number of halogens is 1. The Morgan fingerprint density at radius 1 is 0.562 bits per heavy atom. The molecule has 0 atom stereocenters. The van der Waals surface area contributed by atoms with Crippen molar-refractivity contribution in [2.75, 3.05) is 0 Å². The van der Waals surface area contributed by atoms with Crippen LogP contribution in [0.1, 0.15) is 0 Å². The van der Waals surface area contributed by atoms with Crippen LogP contribution < -0.4 is 0 Å². The molecular weight excluding hydrogens is 413 g/mol. The Balaban J connectivity index is 1.51. The summed E-state index contributed by atoms with van der Waals surface area (Å²) in [4.78, 5) is 4.88. The summed E-state index contributed by atoms with van der Waals surface area (Å²) in [5, 5.41) is 3.42. The second-order valence-electron chi connectivity index (χ2n) is 7.78. The van der Waals surface area contributed by atoms with Crippen LogP contribution in [-0.2, 0) is 0 Å². The van der Waals surface area contributed by atoms with Crippen LogP contribution in [0.4, 0.5) is 4.39 Å². The first kappa shape index (κ1) is 18.9. The van der Waals surface area contributed by atoms with Crippen molar-refractivity contribution in [2.24, 2.45) is 0 Å². The fourth-order valence-corrected chi connectivity index (χ4v) is 5.24. The molecule has 0 fully saturated rings. The minimum Gasteiger partial charge on any atom is -0.236 e. The van der Waals surface area contributed by atoms with Crippen molar-refractivity contribution >= 4 is 32.3 Å². The van der Waals surface area contributed by atoms with Crippen LogP contribution in [0.2, 0.25) is 0 Å². The van der Waals surface area contributed by atoms with E-state index in [2.05, 4.69) is 78.9 Å². The largest absolute Gasteiger partial charge is 0.236 e. The van der Waals surface area contributed by atoms with Crippen molar-refractivity contribution in [1.82, 2.24) is 4.98 Å². The molecule has 6 aromatic rings. The molecule has 0 saturated heterocycles. The van der Waals surface area contributed by atoms with Gasteiger partial charge in [-0.05, 0) is 63.4 Å². The first-order chi connectivity index (χ1) is 15.8. The standard InChI is InChI=1S/C29H18FNS/c30-22-14-12-19(13-15-22)20-6-5-7-21(18-20)23-16-17-26(25-9-2-1-8-24(23)25)29-31-27-10-3-4-11-28(27)32-29/h1-18H. The SMILES string of the molecule is Fc1ccc(-c2cccc(-c3ccc(-c4nc5ccccc5s4)c4ccccc34)c2)cc1. The number of nitrogens with zero attached hydrogens (tertiary/aromatic N) is 1. The summed E-state index contributed by atoms with van der Waals surface area (Å²) in [5.74, 6) is -0.221. The number of rotatable bonds is 3. The maximum absolute atomic E-state index is 13.4. The zero-order chi connectivity index (χ0) is 21.5. The van der Waals surface area contributed by atoms with Crippen LogP contribution >= 0.6 is 11.3 Å². The molecule has 6 rings (SSSR count). The van der Waals surface area contributed by atoms with Gasteiger partial charge in [0, 0.05) is 5.56 Å². The summed E-state index contributed by atoms with van der Waals surface area (Å²) in [6.07, 6.45) is 0. The third-order valence-electron chi connectivity index (χ3n) is 5.80. The smallest absolute Gasteiger partial charge is 0.125 e. The zero-order valence-electron chi connectivity index (χ0n) is 17.1. The van der Waals surface area contributed by atoms with Crippen molar-refractivity contribution in [2.45, 2.75) is 0 Å². The van der Waals surface area contributed by atoms with Crippen molar-refractivity contribution < 1.29 is 4.39 Å². The molecule has 0 N–H and O–H groups in total. The first-order valence-electron chi connectivity index (χ1n) is 10.5. The lowest BCUT2D eigenvalue weighted by molar-refractivity contribution is 0.628. The van der Waals surface area contributed by atoms with Gasteiger partial charge in [0.15, 0.2) is 0 Å². The van der Waals surface area contributed by atoms with Gasteiger partial charge in [-0.2, -0.15) is 0 Å². The molecule has 0 aliphatic rings. The Morgan fingerprint density at radius 3 is 2.06 bits per heavy atom. The number of thiazole rings is 1. The lowest BCUT2D eigenvalue weighted by atomic mass is 9.93. The van der Waals surface area contributed by atoms with Gasteiger partial charge in [-0.1, -0.05) is 78.9 Å². The van der Waals surface area contributed by atoms with Crippen molar-refractivity contribution in [3.63, 3.8) is 0 Å². The van der Waals surface area contributed by atoms with Gasteiger partial charge in [0.05, 0.1) is 10.2 Å². The number of hydrogen-bond donors (Lipinski definition) is 0. The number of para-hydroxylation sites is 1. The molecule has 1 nitrogen and oxygen atoms in total. The molecule has 0 radical (unpaired) electrons. The Labute approximate surface area is 189 Å². The molecule has 0 saturated carbocycles. The minimum absolute atomic E-state index is 0.221. The van der Waals surface area contributed by atoms with E-state index in [9.17, 15) is 4.39 Å². The number of aromatic nitrogens is 1. The molecule has 0 spiro atoms. The van der Waals surface area contributed by atoms with Gasteiger partial charge in [-0.25, -0.2) is 9.37 Å². The van der Waals surface area contributed by atoms with Crippen LogP contribution in [0, 0.1) is 5.82 Å². The molecular formula is C29H18FNS. The monoisotopic (exact) mass is 431 g/mol. The van der Waals surface area contributed by atoms with E-state index < -0.39 is 0 Å². The van der Waals surface area contributed by atoms with Crippen molar-refractivity contribution in [3.8, 4) is 32.8 Å². The van der Waals surface area contributed by atoms with Crippen LogP contribution in [0.15, 0.2) is 109 Å². The average molecular weight is 432 g/mol. The molecule has 5 aromatic carbocycles. The predicted molar refractivity (Wildman–Crippen MR) is 133 cm³/mol. The molecule has 1 heterocycles. The molecule has 3 heteroatoms. The molecule has 0 unspecified atom stereocenters. The highest BCUT2D eigenvalue weighted by atomic mass is 32.1.